The number of morpholine rings is 1. The first kappa shape index (κ1) is 17.2. The van der Waals surface area contributed by atoms with Gasteiger partial charge in [0.1, 0.15) is 6.07 Å². The molecule has 2 aromatic heterocycles. The van der Waals surface area contributed by atoms with Gasteiger partial charge in [-0.05, 0) is 38.1 Å². The summed E-state index contributed by atoms with van der Waals surface area (Å²) in [4.78, 5) is 2.18. The molecule has 136 valence electrons. The number of aromatic nitrogens is 4. The van der Waals surface area contributed by atoms with Crippen molar-refractivity contribution in [2.24, 2.45) is 0 Å². The van der Waals surface area contributed by atoms with E-state index in [1.54, 1.807) is 6.07 Å². The van der Waals surface area contributed by atoms with Gasteiger partial charge in [-0.3, -0.25) is 0 Å². The van der Waals surface area contributed by atoms with Gasteiger partial charge in [0.2, 0.25) is 0 Å². The number of hydrogen-bond acceptors (Lipinski definition) is 6. The second-order valence-corrected chi connectivity index (χ2v) is 6.50. The van der Waals surface area contributed by atoms with Crippen LogP contribution in [0.3, 0.4) is 0 Å². The van der Waals surface area contributed by atoms with Crippen molar-refractivity contribution in [1.82, 2.24) is 20.0 Å². The fourth-order valence-corrected chi connectivity index (χ4v) is 3.61. The van der Waals surface area contributed by atoms with Crippen LogP contribution >= 0.6 is 0 Å². The molecule has 7 heteroatoms. The van der Waals surface area contributed by atoms with Crippen LogP contribution in [0.1, 0.15) is 28.7 Å². The lowest BCUT2D eigenvalue weighted by molar-refractivity contribution is 0.0932. The highest BCUT2D eigenvalue weighted by molar-refractivity contribution is 5.47. The molecule has 1 aromatic carbocycles. The Bertz CT molecular complexity index is 974. The van der Waals surface area contributed by atoms with Gasteiger partial charge in [-0.25, -0.2) is 4.68 Å². The predicted molar refractivity (Wildman–Crippen MR) is 101 cm³/mol. The molecule has 0 saturated carbocycles. The van der Waals surface area contributed by atoms with E-state index in [0.717, 1.165) is 28.5 Å². The number of rotatable bonds is 3. The van der Waals surface area contributed by atoms with E-state index in [9.17, 15) is 0 Å². The molecule has 0 unspecified atom stereocenters. The summed E-state index contributed by atoms with van der Waals surface area (Å²) in [5.74, 6) is 0.744. The smallest absolute Gasteiger partial charge is 0.163 e. The fourth-order valence-electron chi connectivity index (χ4n) is 3.61. The molecule has 1 atom stereocenters. The Morgan fingerprint density at radius 2 is 1.93 bits per heavy atom. The van der Waals surface area contributed by atoms with E-state index in [1.807, 2.05) is 54.1 Å². The highest BCUT2D eigenvalue weighted by Gasteiger charge is 2.31. The molecule has 7 nitrogen and oxygen atoms in total. The molecule has 0 spiro atoms. The summed E-state index contributed by atoms with van der Waals surface area (Å²) in [7, 11) is 0. The van der Waals surface area contributed by atoms with E-state index in [0.29, 0.717) is 25.5 Å². The Labute approximate surface area is 157 Å². The average Bonchev–Trinajstić information content (AvgIpc) is 3.03. The number of hydrogen-bond donors (Lipinski definition) is 0. The third kappa shape index (κ3) is 3.15. The Morgan fingerprint density at radius 1 is 1.11 bits per heavy atom. The van der Waals surface area contributed by atoms with E-state index < -0.39 is 0 Å². The van der Waals surface area contributed by atoms with E-state index in [-0.39, 0.29) is 6.04 Å². The van der Waals surface area contributed by atoms with E-state index in [1.165, 1.54) is 0 Å². The van der Waals surface area contributed by atoms with Gasteiger partial charge in [0.05, 0.1) is 30.6 Å². The Morgan fingerprint density at radius 3 is 2.63 bits per heavy atom. The van der Waals surface area contributed by atoms with Crippen molar-refractivity contribution in [2.75, 3.05) is 24.7 Å². The molecule has 0 radical (unpaired) electrons. The number of ether oxygens (including phenoxy) is 1. The summed E-state index contributed by atoms with van der Waals surface area (Å²) < 4.78 is 7.75. The maximum Gasteiger partial charge on any atom is 0.163 e. The Balaban J connectivity index is 1.74. The minimum Gasteiger partial charge on any atom is -0.377 e. The highest BCUT2D eigenvalue weighted by Crippen LogP contribution is 2.33. The standard InChI is InChI=1S/C20H20N6O/c1-14-20(15(2)26(24-14)17-6-4-3-5-7-17)18-13-27-11-10-25(18)19-9-8-16(12-21)22-23-19/h3-9,18H,10-11,13H2,1-2H3/t18-/m0/s1. The van der Waals surface area contributed by atoms with Crippen molar-refractivity contribution in [2.45, 2.75) is 19.9 Å². The van der Waals surface area contributed by atoms with E-state index in [4.69, 9.17) is 15.1 Å². The zero-order valence-corrected chi connectivity index (χ0v) is 15.3. The topological polar surface area (TPSA) is 79.9 Å². The molecule has 3 heterocycles. The molecule has 4 rings (SSSR count). The molecule has 0 N–H and O–H groups in total. The first-order valence-electron chi connectivity index (χ1n) is 8.89. The van der Waals surface area contributed by atoms with Crippen molar-refractivity contribution in [3.05, 3.63) is 65.1 Å². The van der Waals surface area contributed by atoms with Crippen molar-refractivity contribution >= 4 is 5.82 Å². The van der Waals surface area contributed by atoms with E-state index in [2.05, 4.69) is 22.0 Å². The third-order valence-electron chi connectivity index (χ3n) is 4.87. The molecule has 0 bridgehead atoms. The number of aryl methyl sites for hydroxylation is 1. The molecule has 0 amide bonds. The molecule has 3 aromatic rings. The minimum atomic E-state index is -0.00144. The highest BCUT2D eigenvalue weighted by atomic mass is 16.5. The second-order valence-electron chi connectivity index (χ2n) is 6.50. The minimum absolute atomic E-state index is 0.00144. The molecule has 1 aliphatic heterocycles. The summed E-state index contributed by atoms with van der Waals surface area (Å²) in [6, 6.07) is 15.7. The van der Waals surface area contributed by atoms with Crippen LogP contribution in [0.2, 0.25) is 0 Å². The van der Waals surface area contributed by atoms with Crippen LogP contribution in [0, 0.1) is 25.2 Å². The quantitative estimate of drug-likeness (QED) is 0.714. The molecule has 1 aliphatic rings. The van der Waals surface area contributed by atoms with Crippen molar-refractivity contribution in [3.63, 3.8) is 0 Å². The van der Waals surface area contributed by atoms with Crippen LogP contribution in [0.25, 0.3) is 5.69 Å². The van der Waals surface area contributed by atoms with E-state index >= 15 is 0 Å². The Kier molecular flexibility index (Phi) is 4.57. The van der Waals surface area contributed by atoms with Gasteiger partial charge in [-0.2, -0.15) is 10.4 Å². The number of nitriles is 1. The molecule has 1 fully saturated rings. The summed E-state index contributed by atoms with van der Waals surface area (Å²) in [5.41, 5.74) is 4.54. The van der Waals surface area contributed by atoms with Crippen LogP contribution in [0.15, 0.2) is 42.5 Å². The number of nitrogens with zero attached hydrogens (tertiary/aromatic N) is 6. The number of anilines is 1. The first-order chi connectivity index (χ1) is 13.2. The molecular formula is C20H20N6O. The summed E-state index contributed by atoms with van der Waals surface area (Å²) in [6.45, 7) is 6.01. The first-order valence-corrected chi connectivity index (χ1v) is 8.89. The van der Waals surface area contributed by atoms with Gasteiger partial charge in [0, 0.05) is 17.8 Å². The van der Waals surface area contributed by atoms with Gasteiger partial charge in [-0.15, -0.1) is 10.2 Å². The molecule has 0 aliphatic carbocycles. The number of benzene rings is 1. The second kappa shape index (κ2) is 7.17. The fraction of sp³-hybridized carbons (Fsp3) is 0.300. The lowest BCUT2D eigenvalue weighted by atomic mass is 10.0. The summed E-state index contributed by atoms with van der Waals surface area (Å²) in [5, 5.41) is 21.9. The predicted octanol–water partition coefficient (Wildman–Crippen LogP) is 2.73. The van der Waals surface area contributed by atoms with Crippen LogP contribution in [-0.4, -0.2) is 39.7 Å². The molecule has 27 heavy (non-hydrogen) atoms. The van der Waals surface area contributed by atoms with Gasteiger partial charge in [0.25, 0.3) is 0 Å². The van der Waals surface area contributed by atoms with Gasteiger partial charge < -0.3 is 9.64 Å². The lowest BCUT2D eigenvalue weighted by Crippen LogP contribution is -2.40. The monoisotopic (exact) mass is 360 g/mol. The van der Waals surface area contributed by atoms with Gasteiger partial charge >= 0.3 is 0 Å². The largest absolute Gasteiger partial charge is 0.377 e. The number of para-hydroxylation sites is 1. The van der Waals surface area contributed by atoms with Crippen LogP contribution in [0.4, 0.5) is 5.82 Å². The third-order valence-corrected chi connectivity index (χ3v) is 4.87. The normalized spacial score (nSPS) is 16.9. The SMILES string of the molecule is Cc1nn(-c2ccccc2)c(C)c1[C@@H]1COCCN1c1ccc(C#N)nn1. The zero-order chi connectivity index (χ0) is 18.8. The van der Waals surface area contributed by atoms with Crippen molar-refractivity contribution in [3.8, 4) is 11.8 Å². The van der Waals surface area contributed by atoms with Crippen LogP contribution in [-0.2, 0) is 4.74 Å². The van der Waals surface area contributed by atoms with Gasteiger partial charge in [-0.1, -0.05) is 18.2 Å². The summed E-state index contributed by atoms with van der Waals surface area (Å²) in [6.07, 6.45) is 0. The molecular weight excluding hydrogens is 340 g/mol. The van der Waals surface area contributed by atoms with Crippen molar-refractivity contribution in [1.29, 1.82) is 5.26 Å². The maximum atomic E-state index is 8.96. The van der Waals surface area contributed by atoms with Gasteiger partial charge in [0.15, 0.2) is 11.5 Å². The maximum absolute atomic E-state index is 8.96. The Hall–Kier alpha value is -3.24. The molecule has 1 saturated heterocycles. The summed E-state index contributed by atoms with van der Waals surface area (Å²) >= 11 is 0. The van der Waals surface area contributed by atoms with Crippen molar-refractivity contribution < 1.29 is 4.74 Å². The average molecular weight is 360 g/mol. The van der Waals surface area contributed by atoms with Crippen LogP contribution in [0.5, 0.6) is 0 Å². The lowest BCUT2D eigenvalue weighted by Gasteiger charge is -2.36. The zero-order valence-electron chi connectivity index (χ0n) is 15.3. The van der Waals surface area contributed by atoms with Crippen LogP contribution < -0.4 is 4.90 Å².